The number of rotatable bonds is 6. The van der Waals surface area contributed by atoms with Gasteiger partial charge in [-0.15, -0.1) is 0 Å². The molecule has 11 nitrogen and oxygen atoms in total. The van der Waals surface area contributed by atoms with Gasteiger partial charge in [-0.2, -0.15) is 13.5 Å². The summed E-state index contributed by atoms with van der Waals surface area (Å²) in [5.74, 6) is -0.557. The molecule has 3 rings (SSSR count). The number of carbonyl (C=O) groups is 2. The lowest BCUT2D eigenvalue weighted by Gasteiger charge is -2.29. The monoisotopic (exact) mass is 519 g/mol. The van der Waals surface area contributed by atoms with Crippen LogP contribution in [0.4, 0.5) is 16.2 Å². The Kier molecular flexibility index (Phi) is 7.51. The van der Waals surface area contributed by atoms with Gasteiger partial charge < -0.3 is 15.3 Å². The number of hydrogen-bond donors (Lipinski definition) is 3. The molecule has 1 aromatic heterocycles. The van der Waals surface area contributed by atoms with Gasteiger partial charge in [-0.05, 0) is 43.4 Å². The minimum Gasteiger partial charge on any atom is -0.465 e. The standard InChI is InChI=1S/C24H33N5O6S/c1-15-7-9-18(10-8-15)29(36(33,34)35)20-19(17-11-13-28(14-12-17)23(31)32)26-27(6)21(20)22(30)25-16(2)24(3,4)5/h7-11,16H,12-14H2,1-6H3,(H,25,30)(H,31,32)(H,33,34,35). The number of amides is 2. The minimum atomic E-state index is -4.90. The number of benzene rings is 1. The molecule has 0 aliphatic carbocycles. The van der Waals surface area contributed by atoms with E-state index in [-0.39, 0.29) is 53.7 Å². The Morgan fingerprint density at radius 1 is 1.19 bits per heavy atom. The van der Waals surface area contributed by atoms with Crippen molar-refractivity contribution in [3.63, 3.8) is 0 Å². The second kappa shape index (κ2) is 9.94. The van der Waals surface area contributed by atoms with Crippen molar-refractivity contribution < 1.29 is 27.7 Å². The summed E-state index contributed by atoms with van der Waals surface area (Å²) in [5, 5.41) is 16.7. The maximum atomic E-state index is 13.5. The molecule has 1 aliphatic heterocycles. The maximum absolute atomic E-state index is 13.5. The van der Waals surface area contributed by atoms with Gasteiger partial charge in [0.1, 0.15) is 11.4 Å². The van der Waals surface area contributed by atoms with Crippen LogP contribution in [0.1, 0.15) is 55.9 Å². The molecule has 196 valence electrons. The molecule has 3 N–H and O–H groups in total. The van der Waals surface area contributed by atoms with Crippen LogP contribution in [0.2, 0.25) is 0 Å². The minimum absolute atomic E-state index is 0.0548. The molecule has 1 aliphatic rings. The summed E-state index contributed by atoms with van der Waals surface area (Å²) in [4.78, 5) is 26.1. The summed E-state index contributed by atoms with van der Waals surface area (Å²) < 4.78 is 37.9. The SMILES string of the molecule is Cc1ccc(N(c2c(C3=CCN(C(=O)O)CC3)nn(C)c2C(=O)NC(C)C(C)(C)C)S(=O)(=O)O)cc1. The van der Waals surface area contributed by atoms with E-state index >= 15 is 0 Å². The van der Waals surface area contributed by atoms with Gasteiger partial charge in [-0.25, -0.2) is 9.10 Å². The molecule has 2 heterocycles. The van der Waals surface area contributed by atoms with Gasteiger partial charge in [0.2, 0.25) is 0 Å². The second-order valence-electron chi connectivity index (χ2n) is 10.0. The van der Waals surface area contributed by atoms with E-state index in [1.54, 1.807) is 18.2 Å². The van der Waals surface area contributed by atoms with Gasteiger partial charge in [0.15, 0.2) is 5.69 Å². The number of aromatic nitrogens is 2. The number of carbonyl (C=O) groups excluding carboxylic acids is 1. The lowest BCUT2D eigenvalue weighted by Crippen LogP contribution is -2.42. The highest BCUT2D eigenvalue weighted by atomic mass is 32.2. The Labute approximate surface area is 211 Å². The summed E-state index contributed by atoms with van der Waals surface area (Å²) in [6, 6.07) is 6.17. The molecule has 12 heteroatoms. The smallest absolute Gasteiger partial charge is 0.407 e. The largest absolute Gasteiger partial charge is 0.465 e. The molecular formula is C24H33N5O6S. The molecule has 0 bridgehead atoms. The first kappa shape index (κ1) is 27.2. The summed E-state index contributed by atoms with van der Waals surface area (Å²) >= 11 is 0. The van der Waals surface area contributed by atoms with Crippen molar-refractivity contribution in [2.24, 2.45) is 12.5 Å². The van der Waals surface area contributed by atoms with Gasteiger partial charge in [0.25, 0.3) is 5.91 Å². The molecule has 1 aromatic carbocycles. The van der Waals surface area contributed by atoms with E-state index in [9.17, 15) is 27.7 Å². The van der Waals surface area contributed by atoms with Crippen LogP contribution < -0.4 is 9.62 Å². The van der Waals surface area contributed by atoms with Crippen LogP contribution in [0.25, 0.3) is 5.57 Å². The van der Waals surface area contributed by atoms with Crippen LogP contribution in [0.15, 0.2) is 30.3 Å². The predicted octanol–water partition coefficient (Wildman–Crippen LogP) is 3.60. The van der Waals surface area contributed by atoms with Crippen LogP contribution in [-0.4, -0.2) is 63.9 Å². The van der Waals surface area contributed by atoms with Gasteiger partial charge >= 0.3 is 16.4 Å². The third kappa shape index (κ3) is 5.71. The fourth-order valence-electron chi connectivity index (χ4n) is 3.77. The van der Waals surface area contributed by atoms with Crippen LogP contribution in [-0.2, 0) is 17.4 Å². The zero-order chi connectivity index (χ0) is 27.0. The second-order valence-corrected chi connectivity index (χ2v) is 11.3. The van der Waals surface area contributed by atoms with Crippen molar-refractivity contribution in [3.05, 3.63) is 47.3 Å². The predicted molar refractivity (Wildman–Crippen MR) is 137 cm³/mol. The molecule has 36 heavy (non-hydrogen) atoms. The molecular weight excluding hydrogens is 486 g/mol. The molecule has 0 radical (unpaired) electrons. The number of nitrogens with one attached hydrogen (secondary N) is 1. The maximum Gasteiger partial charge on any atom is 0.407 e. The first-order valence-corrected chi connectivity index (χ1v) is 12.9. The summed E-state index contributed by atoms with van der Waals surface area (Å²) in [7, 11) is -3.38. The summed E-state index contributed by atoms with van der Waals surface area (Å²) in [6.45, 7) is 9.84. The first-order chi connectivity index (χ1) is 16.6. The normalized spacial score (nSPS) is 15.3. The molecule has 1 atom stereocenters. The fraction of sp³-hybridized carbons (Fsp3) is 0.458. The Balaban J connectivity index is 2.25. The molecule has 0 saturated carbocycles. The van der Waals surface area contributed by atoms with Gasteiger partial charge in [-0.3, -0.25) is 14.0 Å². The number of anilines is 2. The zero-order valence-corrected chi connectivity index (χ0v) is 22.1. The van der Waals surface area contributed by atoms with Crippen molar-refractivity contribution in [1.82, 2.24) is 20.0 Å². The Hall–Kier alpha value is -3.38. The molecule has 2 aromatic rings. The zero-order valence-electron chi connectivity index (χ0n) is 21.3. The topological polar surface area (TPSA) is 145 Å². The summed E-state index contributed by atoms with van der Waals surface area (Å²) in [6.07, 6.45) is 0.824. The fourth-order valence-corrected chi connectivity index (χ4v) is 4.57. The molecule has 2 amide bonds. The molecule has 1 unspecified atom stereocenters. The van der Waals surface area contributed by atoms with E-state index in [0.29, 0.717) is 9.88 Å². The Morgan fingerprint density at radius 2 is 1.81 bits per heavy atom. The summed E-state index contributed by atoms with van der Waals surface area (Å²) in [5.41, 5.74) is 1.32. The van der Waals surface area contributed by atoms with Crippen LogP contribution in [0, 0.1) is 12.3 Å². The van der Waals surface area contributed by atoms with Crippen molar-refractivity contribution in [2.75, 3.05) is 17.4 Å². The average Bonchev–Trinajstić information content (AvgIpc) is 3.10. The lowest BCUT2D eigenvalue weighted by atomic mass is 9.88. The van der Waals surface area contributed by atoms with Gasteiger partial charge in [-0.1, -0.05) is 44.5 Å². The highest BCUT2D eigenvalue weighted by Gasteiger charge is 2.36. The van der Waals surface area contributed by atoms with Crippen molar-refractivity contribution in [1.29, 1.82) is 0 Å². The van der Waals surface area contributed by atoms with Crippen molar-refractivity contribution >= 4 is 39.3 Å². The van der Waals surface area contributed by atoms with Crippen LogP contribution in [0.3, 0.4) is 0 Å². The van der Waals surface area contributed by atoms with E-state index < -0.39 is 22.3 Å². The van der Waals surface area contributed by atoms with Crippen molar-refractivity contribution in [2.45, 2.75) is 47.1 Å². The van der Waals surface area contributed by atoms with E-state index in [4.69, 9.17) is 0 Å². The Bertz CT molecular complexity index is 1290. The van der Waals surface area contributed by atoms with E-state index in [2.05, 4.69) is 10.4 Å². The Morgan fingerprint density at radius 3 is 2.28 bits per heavy atom. The van der Waals surface area contributed by atoms with Crippen LogP contribution >= 0.6 is 0 Å². The molecule has 0 spiro atoms. The van der Waals surface area contributed by atoms with Gasteiger partial charge in [0, 0.05) is 26.2 Å². The lowest BCUT2D eigenvalue weighted by molar-refractivity contribution is 0.0901. The van der Waals surface area contributed by atoms with E-state index in [1.807, 2.05) is 34.6 Å². The highest BCUT2D eigenvalue weighted by Crippen LogP contribution is 2.39. The number of aryl methyl sites for hydroxylation is 2. The molecule has 0 fully saturated rings. The van der Waals surface area contributed by atoms with Gasteiger partial charge in [0.05, 0.1) is 5.69 Å². The number of carboxylic acid groups (broad SMARTS) is 1. The number of hydrogen-bond acceptors (Lipinski definition) is 5. The average molecular weight is 520 g/mol. The molecule has 0 saturated heterocycles. The van der Waals surface area contributed by atoms with Crippen molar-refractivity contribution in [3.8, 4) is 0 Å². The number of nitrogens with zero attached hydrogens (tertiary/aromatic N) is 4. The third-order valence-electron chi connectivity index (χ3n) is 6.37. The van der Waals surface area contributed by atoms with E-state index in [0.717, 1.165) is 5.56 Å². The first-order valence-electron chi connectivity index (χ1n) is 11.5. The quantitative estimate of drug-likeness (QED) is 0.494. The third-order valence-corrected chi connectivity index (χ3v) is 7.22. The van der Waals surface area contributed by atoms with Crippen LogP contribution in [0.5, 0.6) is 0 Å². The highest BCUT2D eigenvalue weighted by molar-refractivity contribution is 7.87. The van der Waals surface area contributed by atoms with E-state index in [1.165, 1.54) is 28.8 Å².